The van der Waals surface area contributed by atoms with Crippen molar-refractivity contribution in [3.8, 4) is 0 Å². The Morgan fingerprint density at radius 1 is 1.17 bits per heavy atom. The summed E-state index contributed by atoms with van der Waals surface area (Å²) in [7, 11) is 6.05. The number of carbonyl (C=O) groups excluding carboxylic acids is 1. The zero-order valence-corrected chi connectivity index (χ0v) is 16.0. The highest BCUT2D eigenvalue weighted by atomic mass is 16.2. The molecule has 1 aromatic carbocycles. The highest BCUT2D eigenvalue weighted by Crippen LogP contribution is 2.32. The second kappa shape index (κ2) is 7.88. The Bertz CT molecular complexity index is 592. The number of anilines is 2. The topological polar surface area (TPSA) is 47.6 Å². The van der Waals surface area contributed by atoms with Crippen molar-refractivity contribution in [3.63, 3.8) is 0 Å². The fourth-order valence-electron chi connectivity index (χ4n) is 3.82. The van der Waals surface area contributed by atoms with Gasteiger partial charge in [0.1, 0.15) is 0 Å². The molecule has 1 aliphatic heterocycles. The molecule has 0 unspecified atom stereocenters. The first kappa shape index (κ1) is 18.6. The number of carbonyl (C=O) groups is 1. The van der Waals surface area contributed by atoms with Crippen LogP contribution in [-0.2, 0) is 4.79 Å². The van der Waals surface area contributed by atoms with Gasteiger partial charge >= 0.3 is 0 Å². The summed E-state index contributed by atoms with van der Waals surface area (Å²) < 4.78 is 0. The van der Waals surface area contributed by atoms with Gasteiger partial charge in [0, 0.05) is 38.6 Å². The predicted octanol–water partition coefficient (Wildman–Crippen LogP) is 2.30. The Balaban J connectivity index is 2.08. The van der Waals surface area contributed by atoms with Crippen LogP contribution in [0.1, 0.15) is 29.5 Å². The van der Waals surface area contributed by atoms with Gasteiger partial charge in [0.15, 0.2) is 0 Å². The number of hydrogen-bond donors (Lipinski definition) is 2. The number of hydrogen-bond acceptors (Lipinski definition) is 4. The van der Waals surface area contributed by atoms with Crippen LogP contribution in [0.2, 0.25) is 0 Å². The summed E-state index contributed by atoms with van der Waals surface area (Å²) in [5, 5.41) is 6.74. The molecule has 0 radical (unpaired) electrons. The van der Waals surface area contributed by atoms with E-state index in [2.05, 4.69) is 56.5 Å². The first-order chi connectivity index (χ1) is 11.3. The van der Waals surface area contributed by atoms with Gasteiger partial charge in [0.05, 0.1) is 6.54 Å². The van der Waals surface area contributed by atoms with E-state index in [0.29, 0.717) is 12.6 Å². The van der Waals surface area contributed by atoms with Crippen molar-refractivity contribution < 1.29 is 4.79 Å². The van der Waals surface area contributed by atoms with Crippen molar-refractivity contribution in [2.45, 2.75) is 39.7 Å². The standard InChI is InChI=1S/C19H32N4O/c1-13-11-14(2)19(22(4)5)15(3)18(13)21-12-17(24)23(6)16-7-9-20-10-8-16/h11,16,20-21H,7-10,12H2,1-6H3. The summed E-state index contributed by atoms with van der Waals surface area (Å²) >= 11 is 0. The Labute approximate surface area is 146 Å². The van der Waals surface area contributed by atoms with E-state index in [1.54, 1.807) is 0 Å². The van der Waals surface area contributed by atoms with Crippen LogP contribution in [-0.4, -0.2) is 57.6 Å². The maximum Gasteiger partial charge on any atom is 0.241 e. The van der Waals surface area contributed by atoms with Gasteiger partial charge in [-0.25, -0.2) is 0 Å². The first-order valence-corrected chi connectivity index (χ1v) is 8.81. The summed E-state index contributed by atoms with van der Waals surface area (Å²) in [6, 6.07) is 2.55. The van der Waals surface area contributed by atoms with Crippen molar-refractivity contribution in [2.75, 3.05) is 51.0 Å². The molecule has 1 amide bonds. The predicted molar refractivity (Wildman–Crippen MR) is 102 cm³/mol. The van der Waals surface area contributed by atoms with Crippen molar-refractivity contribution in [1.29, 1.82) is 0 Å². The molecule has 2 N–H and O–H groups in total. The van der Waals surface area contributed by atoms with Gasteiger partial charge in [0.25, 0.3) is 0 Å². The maximum absolute atomic E-state index is 12.6. The molecule has 1 aliphatic rings. The van der Waals surface area contributed by atoms with Crippen LogP contribution in [0.15, 0.2) is 6.07 Å². The molecule has 2 rings (SSSR count). The van der Waals surface area contributed by atoms with Crippen molar-refractivity contribution in [2.24, 2.45) is 0 Å². The molecule has 0 spiro atoms. The highest BCUT2D eigenvalue weighted by Gasteiger charge is 2.22. The lowest BCUT2D eigenvalue weighted by Crippen LogP contribution is -2.45. The molecule has 0 aromatic heterocycles. The number of piperidine rings is 1. The van der Waals surface area contributed by atoms with Crippen molar-refractivity contribution in [3.05, 3.63) is 22.8 Å². The molecule has 0 bridgehead atoms. The molecular formula is C19H32N4O. The number of amides is 1. The van der Waals surface area contributed by atoms with Gasteiger partial charge in [-0.05, 0) is 63.4 Å². The molecule has 0 aliphatic carbocycles. The number of nitrogens with zero attached hydrogens (tertiary/aromatic N) is 2. The lowest BCUT2D eigenvalue weighted by Gasteiger charge is -2.32. The van der Waals surface area contributed by atoms with E-state index >= 15 is 0 Å². The number of aryl methyl sites for hydroxylation is 2. The summed E-state index contributed by atoms with van der Waals surface area (Å²) in [6.07, 6.45) is 2.07. The maximum atomic E-state index is 12.6. The first-order valence-electron chi connectivity index (χ1n) is 8.81. The molecule has 24 heavy (non-hydrogen) atoms. The average molecular weight is 332 g/mol. The van der Waals surface area contributed by atoms with Gasteiger partial charge in [-0.2, -0.15) is 0 Å². The van der Waals surface area contributed by atoms with Crippen molar-refractivity contribution >= 4 is 17.3 Å². The Hall–Kier alpha value is -1.75. The zero-order chi connectivity index (χ0) is 17.9. The second-order valence-electron chi connectivity index (χ2n) is 7.09. The third kappa shape index (κ3) is 4.01. The van der Waals surface area contributed by atoms with Gasteiger partial charge in [-0.3, -0.25) is 4.79 Å². The molecule has 134 valence electrons. The molecular weight excluding hydrogens is 300 g/mol. The monoisotopic (exact) mass is 332 g/mol. The molecule has 5 heteroatoms. The number of likely N-dealkylation sites (N-methyl/N-ethyl adjacent to an activating group) is 1. The minimum atomic E-state index is 0.160. The molecule has 1 aromatic rings. The molecule has 1 saturated heterocycles. The van der Waals surface area contributed by atoms with Gasteiger partial charge < -0.3 is 20.4 Å². The third-order valence-electron chi connectivity index (χ3n) is 5.04. The zero-order valence-electron chi connectivity index (χ0n) is 16.0. The SMILES string of the molecule is Cc1cc(C)c(N(C)C)c(C)c1NCC(=O)N(C)C1CCNCC1. The fourth-order valence-corrected chi connectivity index (χ4v) is 3.82. The van der Waals surface area contributed by atoms with Crippen LogP contribution < -0.4 is 15.5 Å². The van der Waals surface area contributed by atoms with Crippen LogP contribution >= 0.6 is 0 Å². The summed E-state index contributed by atoms with van der Waals surface area (Å²) in [5.41, 5.74) is 5.96. The largest absolute Gasteiger partial charge is 0.377 e. The average Bonchev–Trinajstić information content (AvgIpc) is 2.53. The third-order valence-corrected chi connectivity index (χ3v) is 5.04. The normalized spacial score (nSPS) is 15.2. The lowest BCUT2D eigenvalue weighted by atomic mass is 10.0. The highest BCUT2D eigenvalue weighted by molar-refractivity contribution is 5.82. The second-order valence-corrected chi connectivity index (χ2v) is 7.09. The fraction of sp³-hybridized carbons (Fsp3) is 0.632. The Morgan fingerprint density at radius 2 is 1.79 bits per heavy atom. The minimum Gasteiger partial charge on any atom is -0.377 e. The smallest absolute Gasteiger partial charge is 0.241 e. The number of rotatable bonds is 5. The van der Waals surface area contributed by atoms with Crippen LogP contribution in [0.5, 0.6) is 0 Å². The van der Waals surface area contributed by atoms with E-state index in [-0.39, 0.29) is 5.91 Å². The van der Waals surface area contributed by atoms with Crippen LogP contribution in [0, 0.1) is 20.8 Å². The van der Waals surface area contributed by atoms with E-state index in [1.165, 1.54) is 22.4 Å². The summed E-state index contributed by atoms with van der Waals surface area (Å²) in [5.74, 6) is 0.160. The Morgan fingerprint density at radius 3 is 2.38 bits per heavy atom. The molecule has 1 fully saturated rings. The van der Waals surface area contributed by atoms with Crippen molar-refractivity contribution in [1.82, 2.24) is 10.2 Å². The molecule has 0 atom stereocenters. The van der Waals surface area contributed by atoms with Gasteiger partial charge in [-0.1, -0.05) is 6.07 Å². The van der Waals surface area contributed by atoms with Crippen LogP contribution in [0.25, 0.3) is 0 Å². The van der Waals surface area contributed by atoms with Crippen LogP contribution in [0.4, 0.5) is 11.4 Å². The number of benzene rings is 1. The van der Waals surface area contributed by atoms with E-state index in [0.717, 1.165) is 31.6 Å². The van der Waals surface area contributed by atoms with E-state index in [9.17, 15) is 4.79 Å². The Kier molecular flexibility index (Phi) is 6.10. The summed E-state index contributed by atoms with van der Waals surface area (Å²) in [6.45, 7) is 8.70. The van der Waals surface area contributed by atoms with Crippen LogP contribution in [0.3, 0.4) is 0 Å². The van der Waals surface area contributed by atoms with E-state index in [1.807, 2.05) is 11.9 Å². The van der Waals surface area contributed by atoms with Gasteiger partial charge in [0.2, 0.25) is 5.91 Å². The van der Waals surface area contributed by atoms with Gasteiger partial charge in [-0.15, -0.1) is 0 Å². The van der Waals surface area contributed by atoms with E-state index < -0.39 is 0 Å². The molecule has 0 saturated carbocycles. The summed E-state index contributed by atoms with van der Waals surface area (Å²) in [4.78, 5) is 16.6. The number of nitrogens with one attached hydrogen (secondary N) is 2. The molecule has 1 heterocycles. The van der Waals surface area contributed by atoms with E-state index in [4.69, 9.17) is 0 Å². The quantitative estimate of drug-likeness (QED) is 0.869. The molecule has 5 nitrogen and oxygen atoms in total. The minimum absolute atomic E-state index is 0.160. The lowest BCUT2D eigenvalue weighted by molar-refractivity contribution is -0.130.